The number of nitrogens with two attached hydrogens (primary N) is 1. The SMILES string of the molecule is N[C@@H](C=O)[C@@H](O)[C@H](O)[C@H](O)COC(=O)C(O)C(O)(CC(=O)O)C(=O)O. The van der Waals surface area contributed by atoms with Crippen LogP contribution >= 0.6 is 0 Å². The van der Waals surface area contributed by atoms with Gasteiger partial charge in [0, 0.05) is 0 Å². The fourth-order valence-corrected chi connectivity index (χ4v) is 1.60. The number of aldehydes is 1. The van der Waals surface area contributed by atoms with E-state index in [0.29, 0.717) is 0 Å². The minimum Gasteiger partial charge on any atom is -0.481 e. The van der Waals surface area contributed by atoms with Gasteiger partial charge in [0.05, 0.1) is 12.5 Å². The van der Waals surface area contributed by atoms with E-state index in [0.717, 1.165) is 0 Å². The topological polar surface area (TPSA) is 245 Å². The average Bonchev–Trinajstić information content (AvgIpc) is 2.55. The molecule has 0 radical (unpaired) electrons. The molecule has 0 aliphatic carbocycles. The van der Waals surface area contributed by atoms with Gasteiger partial charge in [-0.05, 0) is 0 Å². The van der Waals surface area contributed by atoms with E-state index in [4.69, 9.17) is 15.9 Å². The normalized spacial score (nSPS) is 19.6. The van der Waals surface area contributed by atoms with E-state index in [1.807, 2.05) is 0 Å². The van der Waals surface area contributed by atoms with Gasteiger partial charge in [-0.15, -0.1) is 0 Å². The first-order valence-electron chi connectivity index (χ1n) is 6.65. The zero-order valence-electron chi connectivity index (χ0n) is 12.6. The maximum atomic E-state index is 11.5. The van der Waals surface area contributed by atoms with Gasteiger partial charge < -0.3 is 51.0 Å². The molecule has 6 atom stereocenters. The van der Waals surface area contributed by atoms with E-state index < -0.39 is 67.0 Å². The molecule has 0 amide bonds. The van der Waals surface area contributed by atoms with Crippen LogP contribution in [-0.4, -0.2) is 103 Å². The zero-order chi connectivity index (χ0) is 19.9. The molecule has 9 N–H and O–H groups in total. The number of carbonyl (C=O) groups excluding carboxylic acids is 2. The van der Waals surface area contributed by atoms with Crippen LogP contribution in [0.2, 0.25) is 0 Å². The molecule has 0 rings (SSSR count). The molecule has 0 aliphatic heterocycles. The van der Waals surface area contributed by atoms with Crippen molar-refractivity contribution in [3.63, 3.8) is 0 Å². The number of hydrogen-bond acceptors (Lipinski definition) is 11. The number of hydrogen-bond donors (Lipinski definition) is 8. The number of aliphatic hydroxyl groups excluding tert-OH is 4. The first-order valence-corrected chi connectivity index (χ1v) is 6.65. The second-order valence-electron chi connectivity index (χ2n) is 5.09. The van der Waals surface area contributed by atoms with Crippen molar-refractivity contribution in [3.05, 3.63) is 0 Å². The summed E-state index contributed by atoms with van der Waals surface area (Å²) in [5.74, 6) is -5.86. The molecule has 0 spiro atoms. The average molecular weight is 369 g/mol. The lowest BCUT2D eigenvalue weighted by Gasteiger charge is -2.27. The highest BCUT2D eigenvalue weighted by Gasteiger charge is 2.50. The van der Waals surface area contributed by atoms with Crippen molar-refractivity contribution in [1.82, 2.24) is 0 Å². The number of esters is 1. The van der Waals surface area contributed by atoms with Crippen molar-refractivity contribution >= 4 is 24.2 Å². The molecule has 0 bridgehead atoms. The van der Waals surface area contributed by atoms with Crippen molar-refractivity contribution in [2.45, 2.75) is 42.5 Å². The molecule has 0 saturated heterocycles. The van der Waals surface area contributed by atoms with E-state index in [1.54, 1.807) is 0 Å². The Labute approximate surface area is 139 Å². The molecule has 13 nitrogen and oxygen atoms in total. The van der Waals surface area contributed by atoms with E-state index in [9.17, 15) is 44.7 Å². The number of carbonyl (C=O) groups is 4. The molecule has 2 unspecified atom stereocenters. The van der Waals surface area contributed by atoms with Crippen LogP contribution in [-0.2, 0) is 23.9 Å². The van der Waals surface area contributed by atoms with Crippen LogP contribution in [0.25, 0.3) is 0 Å². The van der Waals surface area contributed by atoms with Crippen molar-refractivity contribution in [1.29, 1.82) is 0 Å². The summed E-state index contributed by atoms with van der Waals surface area (Å²) in [5, 5.41) is 64.8. The molecule has 13 heteroatoms. The van der Waals surface area contributed by atoms with Crippen molar-refractivity contribution < 1.29 is 59.7 Å². The van der Waals surface area contributed by atoms with E-state index in [2.05, 4.69) is 4.74 Å². The monoisotopic (exact) mass is 369 g/mol. The summed E-state index contributed by atoms with van der Waals surface area (Å²) in [7, 11) is 0. The second-order valence-corrected chi connectivity index (χ2v) is 5.09. The summed E-state index contributed by atoms with van der Waals surface area (Å²) in [6.45, 7) is -1.09. The van der Waals surface area contributed by atoms with Gasteiger partial charge in [0.25, 0.3) is 0 Å². The quantitative estimate of drug-likeness (QED) is 0.125. The number of rotatable bonds is 11. The van der Waals surface area contributed by atoms with Gasteiger partial charge in [0.1, 0.15) is 31.2 Å². The summed E-state index contributed by atoms with van der Waals surface area (Å²) >= 11 is 0. The lowest BCUT2D eigenvalue weighted by molar-refractivity contribution is -0.192. The van der Waals surface area contributed by atoms with Crippen molar-refractivity contribution in [3.8, 4) is 0 Å². The molecule has 0 aliphatic rings. The van der Waals surface area contributed by atoms with E-state index in [1.165, 1.54) is 0 Å². The third-order valence-corrected chi connectivity index (χ3v) is 3.16. The smallest absolute Gasteiger partial charge is 0.339 e. The van der Waals surface area contributed by atoms with Gasteiger partial charge in [-0.3, -0.25) is 4.79 Å². The molecule has 144 valence electrons. The molecular weight excluding hydrogens is 350 g/mol. The van der Waals surface area contributed by atoms with Crippen LogP contribution in [0.5, 0.6) is 0 Å². The van der Waals surface area contributed by atoms with Gasteiger partial charge in [0.15, 0.2) is 6.10 Å². The minimum absolute atomic E-state index is 0.0786. The highest BCUT2D eigenvalue weighted by atomic mass is 16.6. The summed E-state index contributed by atoms with van der Waals surface area (Å²) in [6.07, 6.45) is -10.2. The largest absolute Gasteiger partial charge is 0.481 e. The standard InChI is InChI=1S/C12H19NO12/c13-4(2-14)7(18)8(19)5(15)3-25-10(21)9(20)12(24,11(22)23)1-6(16)17/h2,4-5,7-9,15,18-20,24H,1,3,13H2,(H,16,17)(H,22,23)/t4-,5+,7+,8+,9?,12?/m0/s1. The molecule has 0 heterocycles. The Morgan fingerprint density at radius 2 is 1.60 bits per heavy atom. The highest BCUT2D eigenvalue weighted by molar-refractivity contribution is 5.91. The van der Waals surface area contributed by atoms with Crippen LogP contribution in [0.1, 0.15) is 6.42 Å². The molecule has 0 fully saturated rings. The predicted octanol–water partition coefficient (Wildman–Crippen LogP) is -5.21. The van der Waals surface area contributed by atoms with Crippen LogP contribution in [0.4, 0.5) is 0 Å². The fourth-order valence-electron chi connectivity index (χ4n) is 1.60. The Morgan fingerprint density at radius 3 is 2.00 bits per heavy atom. The number of carboxylic acid groups (broad SMARTS) is 2. The molecule has 0 aromatic heterocycles. The third kappa shape index (κ3) is 6.00. The molecule has 0 saturated carbocycles. The van der Waals surface area contributed by atoms with E-state index in [-0.39, 0.29) is 6.29 Å². The Hall–Kier alpha value is -2.16. The Kier molecular flexibility index (Phi) is 8.55. The predicted molar refractivity (Wildman–Crippen MR) is 73.9 cm³/mol. The van der Waals surface area contributed by atoms with Crippen LogP contribution in [0.15, 0.2) is 0 Å². The Balaban J connectivity index is 4.89. The molecular formula is C12H19NO12. The number of aliphatic carboxylic acids is 2. The first kappa shape index (κ1) is 22.8. The summed E-state index contributed by atoms with van der Waals surface area (Å²) in [5.41, 5.74) is 1.71. The lowest BCUT2D eigenvalue weighted by Crippen LogP contribution is -2.55. The molecule has 0 aromatic rings. The van der Waals surface area contributed by atoms with Gasteiger partial charge in [-0.1, -0.05) is 0 Å². The van der Waals surface area contributed by atoms with Crippen molar-refractivity contribution in [2.24, 2.45) is 5.73 Å². The summed E-state index contributed by atoms with van der Waals surface area (Å²) in [4.78, 5) is 43.3. The summed E-state index contributed by atoms with van der Waals surface area (Å²) in [6, 6.07) is -1.56. The number of aliphatic hydroxyl groups is 5. The van der Waals surface area contributed by atoms with E-state index >= 15 is 0 Å². The van der Waals surface area contributed by atoms with Gasteiger partial charge in [-0.25, -0.2) is 9.59 Å². The molecule has 25 heavy (non-hydrogen) atoms. The van der Waals surface area contributed by atoms with Gasteiger partial charge >= 0.3 is 17.9 Å². The lowest BCUT2D eigenvalue weighted by atomic mass is 9.93. The van der Waals surface area contributed by atoms with Gasteiger partial charge in [-0.2, -0.15) is 0 Å². The zero-order valence-corrected chi connectivity index (χ0v) is 12.6. The highest BCUT2D eigenvalue weighted by Crippen LogP contribution is 2.18. The summed E-state index contributed by atoms with van der Waals surface area (Å²) < 4.78 is 4.27. The number of carboxylic acids is 2. The van der Waals surface area contributed by atoms with Crippen molar-refractivity contribution in [2.75, 3.05) is 6.61 Å². The Morgan fingerprint density at radius 1 is 1.08 bits per heavy atom. The van der Waals surface area contributed by atoms with Crippen LogP contribution in [0, 0.1) is 0 Å². The second kappa shape index (κ2) is 9.36. The molecule has 0 aromatic carbocycles. The van der Waals surface area contributed by atoms with Crippen LogP contribution in [0.3, 0.4) is 0 Å². The first-order chi connectivity index (χ1) is 11.4. The number of ether oxygens (including phenoxy) is 1. The third-order valence-electron chi connectivity index (χ3n) is 3.16. The Bertz CT molecular complexity index is 510. The maximum absolute atomic E-state index is 11.5. The van der Waals surface area contributed by atoms with Crippen LogP contribution < -0.4 is 5.73 Å². The maximum Gasteiger partial charge on any atom is 0.339 e. The van der Waals surface area contributed by atoms with Gasteiger partial charge in [0.2, 0.25) is 5.60 Å². The fraction of sp³-hybridized carbons (Fsp3) is 0.667. The minimum atomic E-state index is -3.40.